The summed E-state index contributed by atoms with van der Waals surface area (Å²) in [6.45, 7) is 2.05. The van der Waals surface area contributed by atoms with Crippen molar-refractivity contribution in [1.82, 2.24) is 0 Å². The third-order valence-electron chi connectivity index (χ3n) is 2.39. The first-order valence-corrected chi connectivity index (χ1v) is 4.60. The maximum absolute atomic E-state index is 10.8. The minimum Gasteiger partial charge on any atom is -0.369 e. The molecule has 1 heterocycles. The fourth-order valence-electron chi connectivity index (χ4n) is 1.69. The van der Waals surface area contributed by atoms with E-state index in [-0.39, 0.29) is 12.3 Å². The number of carbonyl (C=O) groups is 1. The molecule has 2 aliphatic rings. The first kappa shape index (κ1) is 8.94. The van der Waals surface area contributed by atoms with E-state index in [0.29, 0.717) is 0 Å². The summed E-state index contributed by atoms with van der Waals surface area (Å²) in [4.78, 5) is 15.1. The Morgan fingerprint density at radius 2 is 2.43 bits per heavy atom. The third kappa shape index (κ3) is 1.53. The van der Waals surface area contributed by atoms with Gasteiger partial charge in [-0.05, 0) is 12.5 Å². The maximum atomic E-state index is 10.8. The number of nitrogens with two attached hydrogens (primary N) is 1. The van der Waals surface area contributed by atoms with Crippen molar-refractivity contribution in [3.8, 4) is 0 Å². The number of carbonyl (C=O) groups excluding carboxylic acids is 1. The molecule has 3 heteroatoms. The van der Waals surface area contributed by atoms with Crippen LogP contribution in [-0.4, -0.2) is 11.6 Å². The van der Waals surface area contributed by atoms with Crippen LogP contribution < -0.4 is 5.73 Å². The quantitative estimate of drug-likeness (QED) is 0.701. The molecule has 14 heavy (non-hydrogen) atoms. The van der Waals surface area contributed by atoms with Crippen LogP contribution in [0.5, 0.6) is 0 Å². The monoisotopic (exact) mass is 188 g/mol. The zero-order chi connectivity index (χ0) is 10.1. The molecule has 0 aromatic heterocycles. The first-order chi connectivity index (χ1) is 6.66. The van der Waals surface area contributed by atoms with Gasteiger partial charge < -0.3 is 5.73 Å². The van der Waals surface area contributed by atoms with Gasteiger partial charge in [0.05, 0.1) is 12.1 Å². The Kier molecular flexibility index (Phi) is 2.08. The van der Waals surface area contributed by atoms with Crippen LogP contribution in [0.15, 0.2) is 40.1 Å². The molecule has 0 aromatic carbocycles. The van der Waals surface area contributed by atoms with Crippen LogP contribution in [0.4, 0.5) is 0 Å². The van der Waals surface area contributed by atoms with Crippen LogP contribution in [0.1, 0.15) is 19.8 Å². The Bertz CT molecular complexity index is 411. The Balaban J connectivity index is 2.25. The second kappa shape index (κ2) is 3.25. The largest absolute Gasteiger partial charge is 0.369 e. The van der Waals surface area contributed by atoms with Crippen molar-refractivity contribution >= 4 is 11.6 Å². The number of hydrogen-bond acceptors (Lipinski definition) is 2. The van der Waals surface area contributed by atoms with Crippen molar-refractivity contribution in [2.75, 3.05) is 0 Å². The number of fused-ring (bicyclic) bond motifs is 1. The van der Waals surface area contributed by atoms with E-state index < -0.39 is 0 Å². The Labute approximate surface area is 82.7 Å². The maximum Gasteiger partial charge on any atom is 0.221 e. The predicted molar refractivity (Wildman–Crippen MR) is 55.8 cm³/mol. The van der Waals surface area contributed by atoms with Crippen LogP contribution in [0.3, 0.4) is 0 Å². The molecule has 1 aliphatic heterocycles. The molecule has 0 saturated heterocycles. The molecule has 0 fully saturated rings. The van der Waals surface area contributed by atoms with E-state index in [4.69, 9.17) is 5.73 Å². The highest BCUT2D eigenvalue weighted by molar-refractivity contribution is 6.09. The molecule has 0 radical (unpaired) electrons. The molecular formula is C11H12N2O. The van der Waals surface area contributed by atoms with Crippen molar-refractivity contribution in [1.29, 1.82) is 0 Å². The van der Waals surface area contributed by atoms with Gasteiger partial charge in [-0.15, -0.1) is 0 Å². The molecule has 2 N–H and O–H groups in total. The van der Waals surface area contributed by atoms with Crippen molar-refractivity contribution in [2.24, 2.45) is 10.7 Å². The summed E-state index contributed by atoms with van der Waals surface area (Å²) in [5.74, 6) is -0.305. The zero-order valence-corrected chi connectivity index (χ0v) is 8.08. The number of rotatable bonds is 2. The molecule has 72 valence electrons. The SMILES string of the molecule is CC1=CCC2=NC=C(CC(N)=O)C2=C1. The summed E-state index contributed by atoms with van der Waals surface area (Å²) in [5, 5.41) is 0. The van der Waals surface area contributed by atoms with Crippen molar-refractivity contribution in [2.45, 2.75) is 19.8 Å². The minimum atomic E-state index is -0.305. The highest BCUT2D eigenvalue weighted by Gasteiger charge is 2.20. The smallest absolute Gasteiger partial charge is 0.221 e. The zero-order valence-electron chi connectivity index (χ0n) is 8.08. The summed E-state index contributed by atoms with van der Waals surface area (Å²) in [6.07, 6.45) is 7.08. The normalized spacial score (nSPS) is 19.2. The van der Waals surface area contributed by atoms with Gasteiger partial charge in [-0.2, -0.15) is 0 Å². The number of nitrogens with zero attached hydrogens (tertiary/aromatic N) is 1. The summed E-state index contributed by atoms with van der Waals surface area (Å²) in [5.41, 5.74) is 9.45. The van der Waals surface area contributed by atoms with Crippen LogP contribution in [0.2, 0.25) is 0 Å². The van der Waals surface area contributed by atoms with Crippen molar-refractivity contribution in [3.05, 3.63) is 35.1 Å². The molecule has 1 amide bonds. The fraction of sp³-hybridized carbons (Fsp3) is 0.273. The molecule has 3 nitrogen and oxygen atoms in total. The number of allylic oxidation sites excluding steroid dienone is 4. The van der Waals surface area contributed by atoms with Gasteiger partial charge in [0.25, 0.3) is 0 Å². The molecule has 0 saturated carbocycles. The lowest BCUT2D eigenvalue weighted by Crippen LogP contribution is -2.13. The molecule has 1 aliphatic carbocycles. The molecule has 0 unspecified atom stereocenters. The molecule has 0 atom stereocenters. The van der Waals surface area contributed by atoms with Crippen LogP contribution in [-0.2, 0) is 4.79 Å². The van der Waals surface area contributed by atoms with Crippen molar-refractivity contribution < 1.29 is 4.79 Å². The number of primary amides is 1. The molecule has 0 bridgehead atoms. The molecule has 0 spiro atoms. The minimum absolute atomic E-state index is 0.284. The van der Waals surface area contributed by atoms with Crippen LogP contribution in [0, 0.1) is 0 Å². The van der Waals surface area contributed by atoms with Gasteiger partial charge in [0.2, 0.25) is 5.91 Å². The van der Waals surface area contributed by atoms with E-state index in [9.17, 15) is 4.79 Å². The highest BCUT2D eigenvalue weighted by Crippen LogP contribution is 2.28. The summed E-state index contributed by atoms with van der Waals surface area (Å²) >= 11 is 0. The van der Waals surface area contributed by atoms with Gasteiger partial charge in [0, 0.05) is 18.2 Å². The summed E-state index contributed by atoms with van der Waals surface area (Å²) in [6, 6.07) is 0. The standard InChI is InChI=1S/C11H12N2O/c1-7-2-3-10-9(4-7)8(6-13-10)5-11(12)14/h2,4,6H,3,5H2,1H3,(H2,12,14). The molecule has 0 aromatic rings. The highest BCUT2D eigenvalue weighted by atomic mass is 16.1. The van der Waals surface area contributed by atoms with E-state index in [0.717, 1.165) is 23.3 Å². The lowest BCUT2D eigenvalue weighted by atomic mass is 9.93. The summed E-state index contributed by atoms with van der Waals surface area (Å²) in [7, 11) is 0. The number of amides is 1. The Morgan fingerprint density at radius 1 is 1.64 bits per heavy atom. The second-order valence-corrected chi connectivity index (χ2v) is 3.58. The topological polar surface area (TPSA) is 55.4 Å². The molecule has 2 rings (SSSR count). The van der Waals surface area contributed by atoms with Crippen molar-refractivity contribution in [3.63, 3.8) is 0 Å². The van der Waals surface area contributed by atoms with Gasteiger partial charge in [-0.3, -0.25) is 9.79 Å². The fourth-order valence-corrected chi connectivity index (χ4v) is 1.69. The first-order valence-electron chi connectivity index (χ1n) is 4.60. The lowest BCUT2D eigenvalue weighted by molar-refractivity contribution is -0.117. The lowest BCUT2D eigenvalue weighted by Gasteiger charge is -2.11. The van der Waals surface area contributed by atoms with E-state index >= 15 is 0 Å². The number of hydrogen-bond donors (Lipinski definition) is 1. The van der Waals surface area contributed by atoms with Gasteiger partial charge in [-0.25, -0.2) is 0 Å². The van der Waals surface area contributed by atoms with Gasteiger partial charge >= 0.3 is 0 Å². The van der Waals surface area contributed by atoms with Gasteiger partial charge in [0.15, 0.2) is 0 Å². The second-order valence-electron chi connectivity index (χ2n) is 3.58. The predicted octanol–water partition coefficient (Wildman–Crippen LogP) is 1.48. The Morgan fingerprint density at radius 3 is 3.14 bits per heavy atom. The van der Waals surface area contributed by atoms with E-state index in [2.05, 4.69) is 17.1 Å². The van der Waals surface area contributed by atoms with Crippen LogP contribution in [0.25, 0.3) is 0 Å². The molecular weight excluding hydrogens is 176 g/mol. The number of aliphatic imine (C=N–C) groups is 1. The summed E-state index contributed by atoms with van der Waals surface area (Å²) < 4.78 is 0. The average molecular weight is 188 g/mol. The van der Waals surface area contributed by atoms with E-state index in [1.807, 2.05) is 6.92 Å². The Hall–Kier alpha value is -1.64. The third-order valence-corrected chi connectivity index (χ3v) is 2.39. The van der Waals surface area contributed by atoms with Crippen LogP contribution >= 0.6 is 0 Å². The average Bonchev–Trinajstić information content (AvgIpc) is 2.47. The van der Waals surface area contributed by atoms with E-state index in [1.165, 1.54) is 5.57 Å². The van der Waals surface area contributed by atoms with E-state index in [1.54, 1.807) is 6.20 Å². The van der Waals surface area contributed by atoms with Gasteiger partial charge in [-0.1, -0.05) is 17.7 Å². The van der Waals surface area contributed by atoms with Gasteiger partial charge in [0.1, 0.15) is 0 Å².